The molecule has 0 aliphatic heterocycles. The normalized spacial score (nSPS) is 12.5. The van der Waals surface area contributed by atoms with Gasteiger partial charge in [0.15, 0.2) is 0 Å². The first-order chi connectivity index (χ1) is 8.27. The molecule has 0 spiro atoms. The zero-order valence-electron chi connectivity index (χ0n) is 9.83. The molecule has 0 aliphatic rings. The molecule has 0 aliphatic carbocycles. The van der Waals surface area contributed by atoms with Crippen LogP contribution in [0, 0.1) is 5.82 Å². The fraction of sp³-hybridized carbons (Fsp3) is 0.364. The molecular weight excluding hydrogens is 290 g/mol. The Morgan fingerprint density at radius 1 is 1.42 bits per heavy atom. The van der Waals surface area contributed by atoms with E-state index in [0.29, 0.717) is 0 Å². The van der Waals surface area contributed by atoms with E-state index in [1.165, 1.54) is 0 Å². The van der Waals surface area contributed by atoms with Gasteiger partial charge < -0.3 is 10.5 Å². The summed E-state index contributed by atoms with van der Waals surface area (Å²) in [5.41, 5.74) is 3.52. The van der Waals surface area contributed by atoms with Crippen LogP contribution in [0.1, 0.15) is 23.6 Å². The molecule has 0 aromatic heterocycles. The van der Waals surface area contributed by atoms with E-state index in [1.807, 2.05) is 0 Å². The second-order valence-electron chi connectivity index (χ2n) is 3.59. The van der Waals surface area contributed by atoms with E-state index in [4.69, 9.17) is 5.73 Å². The van der Waals surface area contributed by atoms with E-state index in [9.17, 15) is 22.4 Å². The van der Waals surface area contributed by atoms with Crippen molar-refractivity contribution in [1.29, 1.82) is 0 Å². The maximum atomic E-state index is 13.5. The van der Waals surface area contributed by atoms with Gasteiger partial charge in [0.25, 0.3) is 0 Å². The van der Waals surface area contributed by atoms with Gasteiger partial charge in [0.05, 0.1) is 19.1 Å². The van der Waals surface area contributed by atoms with Crippen molar-refractivity contribution in [2.45, 2.75) is 18.6 Å². The molecule has 0 heterocycles. The van der Waals surface area contributed by atoms with Gasteiger partial charge in [-0.1, -0.05) is 6.07 Å². The molecule has 1 aromatic rings. The minimum absolute atomic E-state index is 0. The van der Waals surface area contributed by atoms with Gasteiger partial charge in [0, 0.05) is 11.6 Å². The highest BCUT2D eigenvalue weighted by Crippen LogP contribution is 2.36. The fourth-order valence-electron chi connectivity index (χ4n) is 1.53. The van der Waals surface area contributed by atoms with Crippen LogP contribution in [0.15, 0.2) is 18.2 Å². The molecule has 0 fully saturated rings. The van der Waals surface area contributed by atoms with E-state index in [1.54, 1.807) is 0 Å². The van der Waals surface area contributed by atoms with Crippen molar-refractivity contribution in [2.24, 2.45) is 5.73 Å². The summed E-state index contributed by atoms with van der Waals surface area (Å²) in [7, 11) is 1.07. The Hall–Kier alpha value is -1.34. The topological polar surface area (TPSA) is 52.3 Å². The zero-order valence-corrected chi connectivity index (χ0v) is 10.6. The molecular formula is C11H12ClF4NO2. The van der Waals surface area contributed by atoms with Gasteiger partial charge in [-0.2, -0.15) is 13.2 Å². The number of halogens is 5. The molecule has 1 atom stereocenters. The molecule has 0 radical (unpaired) electrons. The van der Waals surface area contributed by atoms with Gasteiger partial charge >= 0.3 is 12.1 Å². The minimum atomic E-state index is -4.73. The van der Waals surface area contributed by atoms with Crippen LogP contribution in [0.2, 0.25) is 0 Å². The highest BCUT2D eigenvalue weighted by molar-refractivity contribution is 5.85. The molecule has 2 N–H and O–H groups in total. The molecule has 0 saturated carbocycles. The Labute approximate surface area is 113 Å². The average molecular weight is 302 g/mol. The number of esters is 1. The van der Waals surface area contributed by atoms with E-state index in [0.717, 1.165) is 25.3 Å². The lowest BCUT2D eigenvalue weighted by Gasteiger charge is -2.18. The van der Waals surface area contributed by atoms with Crippen molar-refractivity contribution in [3.63, 3.8) is 0 Å². The Morgan fingerprint density at radius 2 is 2.00 bits per heavy atom. The number of hydrogen-bond acceptors (Lipinski definition) is 3. The second-order valence-corrected chi connectivity index (χ2v) is 3.59. The van der Waals surface area contributed by atoms with Crippen molar-refractivity contribution in [2.75, 3.05) is 7.11 Å². The largest absolute Gasteiger partial charge is 0.469 e. The molecule has 0 bridgehead atoms. The number of carbonyl (C=O) groups is 1. The fourth-order valence-corrected chi connectivity index (χ4v) is 1.53. The van der Waals surface area contributed by atoms with Crippen LogP contribution in [0.5, 0.6) is 0 Å². The second kappa shape index (κ2) is 6.72. The van der Waals surface area contributed by atoms with Crippen LogP contribution < -0.4 is 5.73 Å². The van der Waals surface area contributed by atoms with Gasteiger partial charge in [-0.3, -0.25) is 4.79 Å². The lowest BCUT2D eigenvalue weighted by atomic mass is 9.97. The molecule has 1 aromatic carbocycles. The van der Waals surface area contributed by atoms with Crippen molar-refractivity contribution >= 4 is 18.4 Å². The number of hydrogen-bond donors (Lipinski definition) is 1. The van der Waals surface area contributed by atoms with E-state index < -0.39 is 41.6 Å². The zero-order chi connectivity index (χ0) is 13.9. The third-order valence-electron chi connectivity index (χ3n) is 2.34. The van der Waals surface area contributed by atoms with E-state index >= 15 is 0 Å². The Morgan fingerprint density at radius 3 is 2.47 bits per heavy atom. The molecule has 0 saturated heterocycles. The number of rotatable bonds is 3. The summed E-state index contributed by atoms with van der Waals surface area (Å²) < 4.78 is 55.7. The lowest BCUT2D eigenvalue weighted by molar-refractivity contribution is -0.142. The molecule has 8 heteroatoms. The van der Waals surface area contributed by atoms with E-state index in [2.05, 4.69) is 4.74 Å². The van der Waals surface area contributed by atoms with Gasteiger partial charge in [-0.15, -0.1) is 12.4 Å². The summed E-state index contributed by atoms with van der Waals surface area (Å²) in [5.74, 6) is -1.90. The summed E-state index contributed by atoms with van der Waals surface area (Å²) in [6.07, 6.45) is -5.26. The molecule has 108 valence electrons. The van der Waals surface area contributed by atoms with Crippen molar-refractivity contribution in [1.82, 2.24) is 0 Å². The number of ether oxygens (including phenoxy) is 1. The number of nitrogens with two attached hydrogens (primary N) is 1. The van der Waals surface area contributed by atoms with Gasteiger partial charge in [0.2, 0.25) is 0 Å². The third kappa shape index (κ3) is 4.36. The number of benzene rings is 1. The van der Waals surface area contributed by atoms with E-state index in [-0.39, 0.29) is 12.4 Å². The summed E-state index contributed by atoms with van der Waals surface area (Å²) >= 11 is 0. The van der Waals surface area contributed by atoms with Crippen LogP contribution in [0.3, 0.4) is 0 Å². The minimum Gasteiger partial charge on any atom is -0.469 e. The van der Waals surface area contributed by atoms with Crippen LogP contribution in [-0.2, 0) is 15.7 Å². The Bertz CT molecular complexity index is 451. The summed E-state index contributed by atoms with van der Waals surface area (Å²) in [5, 5.41) is 0. The maximum Gasteiger partial charge on any atom is 0.416 e. The quantitative estimate of drug-likeness (QED) is 0.690. The highest BCUT2D eigenvalue weighted by Gasteiger charge is 2.36. The predicted octanol–water partition coefficient (Wildman–Crippen LogP) is 2.83. The van der Waals surface area contributed by atoms with Crippen LogP contribution >= 0.6 is 12.4 Å². The van der Waals surface area contributed by atoms with Crippen LogP contribution in [0.4, 0.5) is 17.6 Å². The highest BCUT2D eigenvalue weighted by atomic mass is 35.5. The molecule has 0 amide bonds. The Balaban J connectivity index is 0.00000324. The average Bonchev–Trinajstić information content (AvgIpc) is 2.27. The number of methoxy groups -OCH3 is 1. The summed E-state index contributed by atoms with van der Waals surface area (Å²) in [4.78, 5) is 11.0. The predicted molar refractivity (Wildman–Crippen MR) is 62.2 cm³/mol. The molecule has 0 unspecified atom stereocenters. The monoisotopic (exact) mass is 301 g/mol. The van der Waals surface area contributed by atoms with Gasteiger partial charge in [-0.25, -0.2) is 4.39 Å². The first-order valence-corrected chi connectivity index (χ1v) is 4.95. The first kappa shape index (κ1) is 17.7. The summed E-state index contributed by atoms with van der Waals surface area (Å²) in [6, 6.07) is 1.11. The summed E-state index contributed by atoms with van der Waals surface area (Å²) in [6.45, 7) is 0. The smallest absolute Gasteiger partial charge is 0.416 e. The molecule has 1 rings (SSSR count). The van der Waals surface area contributed by atoms with Gasteiger partial charge in [0.1, 0.15) is 5.82 Å². The maximum absolute atomic E-state index is 13.5. The van der Waals surface area contributed by atoms with Crippen LogP contribution in [0.25, 0.3) is 0 Å². The lowest BCUT2D eigenvalue weighted by Crippen LogP contribution is -2.22. The SMILES string of the molecule is COC(=O)C[C@H](N)c1c(F)cccc1C(F)(F)F.Cl. The van der Waals surface area contributed by atoms with Crippen molar-refractivity contribution in [3.8, 4) is 0 Å². The Kier molecular flexibility index (Phi) is 6.24. The first-order valence-electron chi connectivity index (χ1n) is 4.95. The number of alkyl halides is 3. The standard InChI is InChI=1S/C11H11F4NO2.ClH/c1-18-9(17)5-8(16)10-6(11(13,14)15)3-2-4-7(10)12;/h2-4,8H,5,16H2,1H3;1H/t8-;/m0./s1. The molecule has 3 nitrogen and oxygen atoms in total. The molecule has 19 heavy (non-hydrogen) atoms. The van der Waals surface area contributed by atoms with Crippen LogP contribution in [-0.4, -0.2) is 13.1 Å². The number of carbonyl (C=O) groups excluding carboxylic acids is 1. The van der Waals surface area contributed by atoms with Crippen molar-refractivity contribution < 1.29 is 27.1 Å². The third-order valence-corrected chi connectivity index (χ3v) is 2.34. The van der Waals surface area contributed by atoms with Gasteiger partial charge in [-0.05, 0) is 12.1 Å². The van der Waals surface area contributed by atoms with Crippen molar-refractivity contribution in [3.05, 3.63) is 35.1 Å².